The Labute approximate surface area is 229 Å². The molecule has 0 spiro atoms. The van der Waals surface area contributed by atoms with Gasteiger partial charge in [0, 0.05) is 24.4 Å². The molecule has 0 bridgehead atoms. The van der Waals surface area contributed by atoms with E-state index in [-0.39, 0.29) is 12.4 Å². The Bertz CT molecular complexity index is 1340. The van der Waals surface area contributed by atoms with Gasteiger partial charge in [0.2, 0.25) is 0 Å². The van der Waals surface area contributed by atoms with Gasteiger partial charge >= 0.3 is 11.9 Å². The third-order valence-electron chi connectivity index (χ3n) is 5.67. The van der Waals surface area contributed by atoms with Crippen LogP contribution >= 0.6 is 0 Å². The van der Waals surface area contributed by atoms with Crippen LogP contribution in [0.5, 0.6) is 11.5 Å². The maximum absolute atomic E-state index is 11.7. The van der Waals surface area contributed by atoms with E-state index in [2.05, 4.69) is 34.0 Å². The van der Waals surface area contributed by atoms with Crippen molar-refractivity contribution in [1.82, 2.24) is 9.97 Å². The second-order valence-corrected chi connectivity index (χ2v) is 8.44. The van der Waals surface area contributed by atoms with Gasteiger partial charge in [-0.25, -0.2) is 9.78 Å². The third-order valence-corrected chi connectivity index (χ3v) is 5.67. The summed E-state index contributed by atoms with van der Waals surface area (Å²) in [5, 5.41) is 0. The van der Waals surface area contributed by atoms with Gasteiger partial charge in [-0.15, -0.1) is 0 Å². The van der Waals surface area contributed by atoms with Gasteiger partial charge in [-0.1, -0.05) is 30.2 Å². The largest absolute Gasteiger partial charge is 0.497 e. The van der Waals surface area contributed by atoms with E-state index in [0.29, 0.717) is 41.3 Å². The van der Waals surface area contributed by atoms with E-state index in [4.69, 9.17) is 18.9 Å². The molecule has 0 aliphatic rings. The molecule has 1 aromatic carbocycles. The number of aryl methyl sites for hydroxylation is 1. The molecule has 8 nitrogen and oxygen atoms in total. The zero-order valence-corrected chi connectivity index (χ0v) is 22.4. The molecule has 0 saturated heterocycles. The number of rotatable bonds is 12. The number of aromatic nitrogens is 2. The number of carbonyl (C=O) groups is 2. The lowest BCUT2D eigenvalue weighted by molar-refractivity contribution is -0.140. The molecule has 39 heavy (non-hydrogen) atoms. The van der Waals surface area contributed by atoms with E-state index >= 15 is 0 Å². The number of esters is 2. The smallest absolute Gasteiger partial charge is 0.339 e. The van der Waals surface area contributed by atoms with Crippen molar-refractivity contribution in [3.63, 3.8) is 0 Å². The SMILES string of the molecule is COC(=O)CCc1nc(C#Cc2cncc(C(=O)OC)c2)ccc1OCCCCC=Cc1ccc(OC)cc1. The van der Waals surface area contributed by atoms with Crippen molar-refractivity contribution in [2.24, 2.45) is 0 Å². The Morgan fingerprint density at radius 2 is 1.77 bits per heavy atom. The summed E-state index contributed by atoms with van der Waals surface area (Å²) >= 11 is 0. The van der Waals surface area contributed by atoms with Crippen molar-refractivity contribution in [1.29, 1.82) is 0 Å². The minimum absolute atomic E-state index is 0.179. The van der Waals surface area contributed by atoms with Crippen LogP contribution in [0.15, 0.2) is 60.9 Å². The van der Waals surface area contributed by atoms with Crippen LogP contribution in [0.1, 0.15) is 58.6 Å². The maximum atomic E-state index is 11.7. The van der Waals surface area contributed by atoms with Gasteiger partial charge in [0.25, 0.3) is 0 Å². The van der Waals surface area contributed by atoms with Crippen LogP contribution in [0, 0.1) is 11.8 Å². The average molecular weight is 529 g/mol. The van der Waals surface area contributed by atoms with Crippen LogP contribution in [0.25, 0.3) is 6.08 Å². The number of carbonyl (C=O) groups excluding carboxylic acids is 2. The van der Waals surface area contributed by atoms with Gasteiger partial charge in [-0.3, -0.25) is 9.78 Å². The van der Waals surface area contributed by atoms with Gasteiger partial charge < -0.3 is 18.9 Å². The summed E-state index contributed by atoms with van der Waals surface area (Å²) in [5.74, 6) is 6.60. The highest BCUT2D eigenvalue weighted by Gasteiger charge is 2.10. The number of hydrogen-bond donors (Lipinski definition) is 0. The van der Waals surface area contributed by atoms with Crippen LogP contribution in [0.4, 0.5) is 0 Å². The summed E-state index contributed by atoms with van der Waals surface area (Å²) < 4.78 is 20.7. The van der Waals surface area contributed by atoms with Gasteiger partial charge in [0.05, 0.1) is 45.6 Å². The predicted octanol–water partition coefficient (Wildman–Crippen LogP) is 5.04. The normalized spacial score (nSPS) is 10.4. The zero-order chi connectivity index (χ0) is 27.9. The first-order chi connectivity index (χ1) is 19.0. The van der Waals surface area contributed by atoms with Gasteiger partial charge in [0.15, 0.2) is 0 Å². The molecule has 2 heterocycles. The fraction of sp³-hybridized carbons (Fsp3) is 0.290. The lowest BCUT2D eigenvalue weighted by atomic mass is 10.1. The molecule has 0 aliphatic heterocycles. The molecular formula is C31H32N2O6. The predicted molar refractivity (Wildman–Crippen MR) is 148 cm³/mol. The molecule has 3 aromatic rings. The highest BCUT2D eigenvalue weighted by atomic mass is 16.5. The number of allylic oxidation sites excluding steroid dienone is 1. The highest BCUT2D eigenvalue weighted by molar-refractivity contribution is 5.89. The first-order valence-electron chi connectivity index (χ1n) is 12.6. The lowest BCUT2D eigenvalue weighted by Gasteiger charge is -2.11. The lowest BCUT2D eigenvalue weighted by Crippen LogP contribution is -2.07. The van der Waals surface area contributed by atoms with Crippen molar-refractivity contribution < 1.29 is 28.5 Å². The number of ether oxygens (including phenoxy) is 4. The number of methoxy groups -OCH3 is 3. The Hall–Kier alpha value is -4.64. The zero-order valence-electron chi connectivity index (χ0n) is 22.4. The molecule has 0 N–H and O–H groups in total. The second kappa shape index (κ2) is 15.6. The van der Waals surface area contributed by atoms with E-state index in [1.165, 1.54) is 20.4 Å². The topological polar surface area (TPSA) is 96.8 Å². The summed E-state index contributed by atoms with van der Waals surface area (Å²) in [5.41, 5.74) is 3.14. The summed E-state index contributed by atoms with van der Waals surface area (Å²) in [6, 6.07) is 13.1. The molecule has 8 heteroatoms. The van der Waals surface area contributed by atoms with Crippen LogP contribution in [0.2, 0.25) is 0 Å². The summed E-state index contributed by atoms with van der Waals surface area (Å²) in [6.07, 6.45) is 10.5. The Balaban J connectivity index is 1.59. The third kappa shape index (κ3) is 9.63. The van der Waals surface area contributed by atoms with E-state index in [0.717, 1.165) is 30.6 Å². The first-order valence-corrected chi connectivity index (χ1v) is 12.6. The van der Waals surface area contributed by atoms with E-state index in [1.807, 2.05) is 30.3 Å². The fourth-order valence-corrected chi connectivity index (χ4v) is 3.55. The van der Waals surface area contributed by atoms with E-state index < -0.39 is 5.97 Å². The fourth-order valence-electron chi connectivity index (χ4n) is 3.55. The summed E-state index contributed by atoms with van der Waals surface area (Å²) in [4.78, 5) is 32.1. The van der Waals surface area contributed by atoms with Crippen molar-refractivity contribution in [3.8, 4) is 23.3 Å². The van der Waals surface area contributed by atoms with Crippen LogP contribution < -0.4 is 9.47 Å². The molecule has 202 valence electrons. The monoisotopic (exact) mass is 528 g/mol. The molecule has 0 aliphatic carbocycles. The molecule has 0 saturated carbocycles. The van der Waals surface area contributed by atoms with Crippen molar-refractivity contribution in [2.45, 2.75) is 32.1 Å². The number of nitrogens with zero attached hydrogens (tertiary/aromatic N) is 2. The number of pyridine rings is 2. The molecule has 3 rings (SSSR count). The highest BCUT2D eigenvalue weighted by Crippen LogP contribution is 2.20. The van der Waals surface area contributed by atoms with E-state index in [1.54, 1.807) is 25.4 Å². The number of hydrogen-bond acceptors (Lipinski definition) is 8. The number of unbranched alkanes of at least 4 members (excludes halogenated alkanes) is 2. The molecule has 2 aromatic heterocycles. The Morgan fingerprint density at radius 1 is 0.949 bits per heavy atom. The van der Waals surface area contributed by atoms with Crippen molar-refractivity contribution in [3.05, 3.63) is 89.0 Å². The second-order valence-electron chi connectivity index (χ2n) is 8.44. The standard InChI is InChI=1S/C31H32N2O6/c1-36-27-14-10-23(11-15-27)8-6-4-5-7-19-39-29-17-13-26(33-28(29)16-18-30(34)37-2)12-9-24-20-25(22-32-21-24)31(35)38-3/h6,8,10-11,13-15,17,20-22H,4-5,7,16,18-19H2,1-3H3. The van der Waals surface area contributed by atoms with Crippen LogP contribution in [0.3, 0.4) is 0 Å². The minimum Gasteiger partial charge on any atom is -0.497 e. The summed E-state index contributed by atoms with van der Waals surface area (Å²) in [6.45, 7) is 0.528. The van der Waals surface area contributed by atoms with E-state index in [9.17, 15) is 9.59 Å². The molecule has 0 atom stereocenters. The number of benzene rings is 1. The van der Waals surface area contributed by atoms with Gasteiger partial charge in [0.1, 0.15) is 17.2 Å². The average Bonchev–Trinajstić information content (AvgIpc) is 2.98. The molecule has 0 unspecified atom stereocenters. The molecular weight excluding hydrogens is 496 g/mol. The molecule has 0 radical (unpaired) electrons. The van der Waals surface area contributed by atoms with Gasteiger partial charge in [-0.05, 0) is 61.1 Å². The molecule has 0 fully saturated rings. The Morgan fingerprint density at radius 3 is 2.51 bits per heavy atom. The first kappa shape index (κ1) is 28.9. The minimum atomic E-state index is -0.482. The molecule has 0 amide bonds. The van der Waals surface area contributed by atoms with Crippen molar-refractivity contribution in [2.75, 3.05) is 27.9 Å². The van der Waals surface area contributed by atoms with Crippen LogP contribution in [-0.2, 0) is 20.7 Å². The Kier molecular flexibility index (Phi) is 11.6. The quantitative estimate of drug-likeness (QED) is 0.183. The maximum Gasteiger partial charge on any atom is 0.339 e. The van der Waals surface area contributed by atoms with Crippen molar-refractivity contribution >= 4 is 18.0 Å². The summed E-state index contributed by atoms with van der Waals surface area (Å²) in [7, 11) is 4.32. The van der Waals surface area contributed by atoms with Crippen LogP contribution in [-0.4, -0.2) is 49.8 Å². The van der Waals surface area contributed by atoms with Gasteiger partial charge in [-0.2, -0.15) is 0 Å².